The largest absolute Gasteiger partial charge is 0.491 e. The SMILES string of the molecule is CCC[NH+](Cc1nc2cc(Cl)ccc2c(=O)[nH]1)C[C@@H](O)COc1ccccc1. The number of para-hydroxylation sites is 1. The van der Waals surface area contributed by atoms with Crippen molar-refractivity contribution in [1.29, 1.82) is 0 Å². The number of H-pyrrole nitrogens is 1. The molecule has 1 heterocycles. The molecule has 0 aliphatic heterocycles. The van der Waals surface area contributed by atoms with Gasteiger partial charge < -0.3 is 19.7 Å². The van der Waals surface area contributed by atoms with Crippen molar-refractivity contribution in [2.75, 3.05) is 19.7 Å². The van der Waals surface area contributed by atoms with E-state index in [-0.39, 0.29) is 12.2 Å². The van der Waals surface area contributed by atoms with Gasteiger partial charge in [0.15, 0.2) is 5.82 Å². The molecule has 2 aromatic carbocycles. The number of hydrogen-bond acceptors (Lipinski definition) is 4. The van der Waals surface area contributed by atoms with E-state index in [0.29, 0.717) is 34.8 Å². The summed E-state index contributed by atoms with van der Waals surface area (Å²) in [6.07, 6.45) is 0.328. The fraction of sp³-hybridized carbons (Fsp3) is 0.333. The van der Waals surface area contributed by atoms with Gasteiger partial charge >= 0.3 is 0 Å². The number of nitrogens with one attached hydrogen (secondary N) is 2. The van der Waals surface area contributed by atoms with E-state index in [0.717, 1.165) is 23.6 Å². The first-order valence-corrected chi connectivity index (χ1v) is 9.81. The Morgan fingerprint density at radius 3 is 2.79 bits per heavy atom. The molecule has 0 fully saturated rings. The lowest BCUT2D eigenvalue weighted by atomic mass is 10.2. The van der Waals surface area contributed by atoms with Crippen molar-refractivity contribution in [2.24, 2.45) is 0 Å². The van der Waals surface area contributed by atoms with Crippen LogP contribution in [0, 0.1) is 0 Å². The highest BCUT2D eigenvalue weighted by molar-refractivity contribution is 6.31. The van der Waals surface area contributed by atoms with Crippen molar-refractivity contribution >= 4 is 22.5 Å². The Hall–Kier alpha value is -2.41. The normalized spacial score (nSPS) is 13.4. The summed E-state index contributed by atoms with van der Waals surface area (Å²) in [7, 11) is 0. The highest BCUT2D eigenvalue weighted by atomic mass is 35.5. The standard InChI is InChI=1S/C21H24ClN3O3/c1-2-10-25(12-16(26)14-28-17-6-4-3-5-7-17)13-20-23-19-11-15(22)8-9-18(19)21(27)24-20/h3-9,11,16,26H,2,10,12-14H2,1H3,(H,23,24,27)/p+1/t16-/m1/s1. The molecule has 3 rings (SSSR count). The molecule has 28 heavy (non-hydrogen) atoms. The number of aliphatic hydroxyl groups excluding tert-OH is 1. The topological polar surface area (TPSA) is 79.7 Å². The number of aromatic amines is 1. The quantitative estimate of drug-likeness (QED) is 0.510. The Labute approximate surface area is 168 Å². The van der Waals surface area contributed by atoms with E-state index in [1.807, 2.05) is 30.3 Å². The van der Waals surface area contributed by atoms with Crippen molar-refractivity contribution in [3.05, 3.63) is 69.7 Å². The third-order valence-corrected chi connectivity index (χ3v) is 4.68. The van der Waals surface area contributed by atoms with Gasteiger partial charge in [0.25, 0.3) is 5.56 Å². The van der Waals surface area contributed by atoms with Crippen molar-refractivity contribution in [1.82, 2.24) is 9.97 Å². The highest BCUT2D eigenvalue weighted by Gasteiger charge is 2.17. The molecule has 0 amide bonds. The number of rotatable bonds is 9. The van der Waals surface area contributed by atoms with Gasteiger partial charge in [-0.2, -0.15) is 0 Å². The lowest BCUT2D eigenvalue weighted by Gasteiger charge is -2.21. The van der Waals surface area contributed by atoms with Gasteiger partial charge in [0.2, 0.25) is 0 Å². The zero-order valence-electron chi connectivity index (χ0n) is 15.8. The van der Waals surface area contributed by atoms with E-state index in [2.05, 4.69) is 16.9 Å². The number of quaternary nitrogens is 1. The minimum Gasteiger partial charge on any atom is -0.491 e. The van der Waals surface area contributed by atoms with E-state index >= 15 is 0 Å². The summed E-state index contributed by atoms with van der Waals surface area (Å²) in [6, 6.07) is 14.5. The molecule has 0 radical (unpaired) electrons. The number of aliphatic hydroxyl groups is 1. The van der Waals surface area contributed by atoms with Crippen LogP contribution in [0.2, 0.25) is 5.02 Å². The Morgan fingerprint density at radius 1 is 1.25 bits per heavy atom. The zero-order valence-corrected chi connectivity index (χ0v) is 16.6. The van der Waals surface area contributed by atoms with Crippen molar-refractivity contribution in [2.45, 2.75) is 26.0 Å². The van der Waals surface area contributed by atoms with Crippen molar-refractivity contribution in [3.8, 4) is 5.75 Å². The maximum absolute atomic E-state index is 12.3. The van der Waals surface area contributed by atoms with Crippen LogP contribution in [0.25, 0.3) is 10.9 Å². The van der Waals surface area contributed by atoms with Crippen LogP contribution in [0.3, 0.4) is 0 Å². The van der Waals surface area contributed by atoms with Crippen LogP contribution in [0.4, 0.5) is 0 Å². The van der Waals surface area contributed by atoms with Crippen LogP contribution in [-0.4, -0.2) is 40.9 Å². The van der Waals surface area contributed by atoms with Crippen molar-refractivity contribution in [3.63, 3.8) is 0 Å². The lowest BCUT2D eigenvalue weighted by Crippen LogP contribution is -3.12. The van der Waals surface area contributed by atoms with Gasteiger partial charge in [-0.25, -0.2) is 4.98 Å². The van der Waals surface area contributed by atoms with E-state index in [4.69, 9.17) is 16.3 Å². The Balaban J connectivity index is 1.67. The second kappa shape index (κ2) is 9.68. The summed E-state index contributed by atoms with van der Waals surface area (Å²) >= 11 is 6.03. The summed E-state index contributed by atoms with van der Waals surface area (Å²) in [6.45, 7) is 4.16. The number of nitrogens with zero attached hydrogens (tertiary/aromatic N) is 1. The monoisotopic (exact) mass is 402 g/mol. The number of ether oxygens (including phenoxy) is 1. The van der Waals surface area contributed by atoms with Crippen LogP contribution in [-0.2, 0) is 6.54 Å². The molecule has 0 saturated carbocycles. The second-order valence-electron chi connectivity index (χ2n) is 6.83. The molecule has 0 aliphatic carbocycles. The van der Waals surface area contributed by atoms with Crippen LogP contribution in [0.1, 0.15) is 19.2 Å². The first-order valence-electron chi connectivity index (χ1n) is 9.43. The van der Waals surface area contributed by atoms with Gasteiger partial charge in [-0.15, -0.1) is 0 Å². The Bertz CT molecular complexity index is 962. The fourth-order valence-corrected chi connectivity index (χ4v) is 3.37. The van der Waals surface area contributed by atoms with E-state index in [9.17, 15) is 9.90 Å². The third-order valence-electron chi connectivity index (χ3n) is 4.45. The molecule has 6 nitrogen and oxygen atoms in total. The summed E-state index contributed by atoms with van der Waals surface area (Å²) < 4.78 is 5.64. The number of aromatic nitrogens is 2. The number of benzene rings is 2. The minimum atomic E-state index is -0.622. The molecule has 0 bridgehead atoms. The first kappa shape index (κ1) is 20.3. The molecule has 0 saturated heterocycles. The third kappa shape index (κ3) is 5.55. The van der Waals surface area contributed by atoms with E-state index in [1.54, 1.807) is 18.2 Å². The maximum Gasteiger partial charge on any atom is 0.258 e. The first-order chi connectivity index (χ1) is 13.5. The predicted molar refractivity (Wildman–Crippen MR) is 110 cm³/mol. The summed E-state index contributed by atoms with van der Waals surface area (Å²) in [4.78, 5) is 20.8. The number of halogens is 1. The molecular weight excluding hydrogens is 378 g/mol. The van der Waals surface area contributed by atoms with E-state index < -0.39 is 6.10 Å². The van der Waals surface area contributed by atoms with Gasteiger partial charge in [-0.3, -0.25) is 4.79 Å². The molecule has 3 N–H and O–H groups in total. The maximum atomic E-state index is 12.3. The van der Waals surface area contributed by atoms with Crippen LogP contribution in [0.15, 0.2) is 53.3 Å². The molecule has 1 unspecified atom stereocenters. The Morgan fingerprint density at radius 2 is 2.04 bits per heavy atom. The van der Waals surface area contributed by atoms with Crippen molar-refractivity contribution < 1.29 is 14.7 Å². The smallest absolute Gasteiger partial charge is 0.258 e. The molecule has 1 aromatic heterocycles. The number of hydrogen-bond donors (Lipinski definition) is 3. The molecular formula is C21H25ClN3O3+. The molecule has 148 valence electrons. The molecule has 0 spiro atoms. The average Bonchev–Trinajstić information content (AvgIpc) is 2.67. The van der Waals surface area contributed by atoms with Gasteiger partial charge in [0.1, 0.15) is 31.5 Å². The van der Waals surface area contributed by atoms with Crippen LogP contribution >= 0.6 is 11.6 Å². The summed E-state index contributed by atoms with van der Waals surface area (Å²) in [5.41, 5.74) is 0.399. The molecule has 7 heteroatoms. The molecule has 2 atom stereocenters. The zero-order chi connectivity index (χ0) is 19.9. The van der Waals surface area contributed by atoms with Gasteiger partial charge in [0, 0.05) is 5.02 Å². The Kier molecular flexibility index (Phi) is 7.03. The van der Waals surface area contributed by atoms with Gasteiger partial charge in [-0.1, -0.05) is 36.7 Å². The second-order valence-corrected chi connectivity index (χ2v) is 7.27. The van der Waals surface area contributed by atoms with Gasteiger partial charge in [0.05, 0.1) is 17.4 Å². The molecule has 0 aliphatic rings. The summed E-state index contributed by atoms with van der Waals surface area (Å²) in [5, 5.41) is 11.5. The predicted octanol–water partition coefficient (Wildman–Crippen LogP) is 1.81. The summed E-state index contributed by atoms with van der Waals surface area (Å²) in [5.74, 6) is 1.32. The number of fused-ring (bicyclic) bond motifs is 1. The average molecular weight is 403 g/mol. The van der Waals surface area contributed by atoms with E-state index in [1.165, 1.54) is 0 Å². The molecule has 3 aromatic rings. The van der Waals surface area contributed by atoms with Gasteiger partial charge in [-0.05, 0) is 36.8 Å². The highest BCUT2D eigenvalue weighted by Crippen LogP contribution is 2.14. The fourth-order valence-electron chi connectivity index (χ4n) is 3.20. The lowest BCUT2D eigenvalue weighted by molar-refractivity contribution is -0.917. The minimum absolute atomic E-state index is 0.180. The van der Waals surface area contributed by atoms with Crippen LogP contribution < -0.4 is 15.2 Å². The van der Waals surface area contributed by atoms with Crippen LogP contribution in [0.5, 0.6) is 5.75 Å².